The first kappa shape index (κ1) is 16.6. The second-order valence-electron chi connectivity index (χ2n) is 7.97. The van der Waals surface area contributed by atoms with Crippen LogP contribution < -0.4 is 10.6 Å². The number of hydrogen-bond acceptors (Lipinski definition) is 3. The van der Waals surface area contributed by atoms with Crippen molar-refractivity contribution in [2.75, 3.05) is 25.5 Å². The van der Waals surface area contributed by atoms with E-state index in [2.05, 4.69) is 46.9 Å². The van der Waals surface area contributed by atoms with Crippen molar-refractivity contribution in [1.29, 1.82) is 0 Å². The number of fused-ring (bicyclic) bond motifs is 2. The summed E-state index contributed by atoms with van der Waals surface area (Å²) < 4.78 is 0. The van der Waals surface area contributed by atoms with E-state index in [-0.39, 0.29) is 11.8 Å². The normalized spacial score (nSPS) is 25.8. The van der Waals surface area contributed by atoms with Crippen LogP contribution in [0.1, 0.15) is 29.0 Å². The number of hydrogen-bond donors (Lipinski definition) is 2. The first-order chi connectivity index (χ1) is 13.2. The topological polar surface area (TPSA) is 44.4 Å². The molecule has 0 saturated heterocycles. The van der Waals surface area contributed by atoms with Crippen LogP contribution in [0.15, 0.2) is 54.6 Å². The van der Waals surface area contributed by atoms with E-state index in [1.54, 1.807) is 0 Å². The van der Waals surface area contributed by atoms with Gasteiger partial charge in [0.1, 0.15) is 0 Å². The summed E-state index contributed by atoms with van der Waals surface area (Å²) in [5.41, 5.74) is 6.54. The number of benzene rings is 2. The summed E-state index contributed by atoms with van der Waals surface area (Å²) in [5, 5.41) is 6.67. The van der Waals surface area contributed by atoms with Crippen LogP contribution in [0.3, 0.4) is 0 Å². The molecular formula is C23H25N3O. The number of anilines is 1. The van der Waals surface area contributed by atoms with E-state index in [1.165, 1.54) is 22.4 Å². The van der Waals surface area contributed by atoms with Crippen molar-refractivity contribution >= 4 is 17.2 Å². The molecule has 0 spiro atoms. The van der Waals surface area contributed by atoms with Gasteiger partial charge in [0.2, 0.25) is 5.91 Å². The van der Waals surface area contributed by atoms with Crippen molar-refractivity contribution < 1.29 is 4.79 Å². The Kier molecular flexibility index (Phi) is 4.01. The van der Waals surface area contributed by atoms with Gasteiger partial charge in [-0.05, 0) is 41.8 Å². The molecule has 2 aromatic rings. The van der Waals surface area contributed by atoms with Gasteiger partial charge in [-0.1, -0.05) is 48.5 Å². The fourth-order valence-corrected chi connectivity index (χ4v) is 4.92. The molecule has 27 heavy (non-hydrogen) atoms. The number of nitrogens with zero attached hydrogens (tertiary/aromatic N) is 1. The second-order valence-corrected chi connectivity index (χ2v) is 7.97. The van der Waals surface area contributed by atoms with Gasteiger partial charge in [0.05, 0.1) is 5.92 Å². The molecule has 1 amide bonds. The van der Waals surface area contributed by atoms with Crippen LogP contribution in [-0.4, -0.2) is 37.0 Å². The van der Waals surface area contributed by atoms with Crippen LogP contribution in [0.25, 0.3) is 5.57 Å². The summed E-state index contributed by atoms with van der Waals surface area (Å²) >= 11 is 0. The van der Waals surface area contributed by atoms with Crippen LogP contribution >= 0.6 is 0 Å². The van der Waals surface area contributed by atoms with E-state index >= 15 is 0 Å². The minimum absolute atomic E-state index is 0.105. The summed E-state index contributed by atoms with van der Waals surface area (Å²) in [6.07, 6.45) is 3.37. The molecule has 3 unspecified atom stereocenters. The van der Waals surface area contributed by atoms with Gasteiger partial charge >= 0.3 is 0 Å². The third-order valence-corrected chi connectivity index (χ3v) is 6.27. The Morgan fingerprint density at radius 1 is 1.19 bits per heavy atom. The summed E-state index contributed by atoms with van der Waals surface area (Å²) in [6, 6.07) is 17.0. The molecule has 3 aliphatic rings. The van der Waals surface area contributed by atoms with E-state index in [9.17, 15) is 4.79 Å². The van der Waals surface area contributed by atoms with Gasteiger partial charge in [-0.25, -0.2) is 0 Å². The molecular weight excluding hydrogens is 334 g/mol. The zero-order valence-electron chi connectivity index (χ0n) is 15.6. The number of nitrogens with one attached hydrogen (secondary N) is 2. The SMILES string of the molecule is CN1CC(C(=O)NCc2ccccc2)C=C2c3cccc4c3C(CN4)CC21. The third-order valence-electron chi connectivity index (χ3n) is 6.27. The molecule has 2 aliphatic heterocycles. The van der Waals surface area contributed by atoms with Gasteiger partial charge in [0.25, 0.3) is 0 Å². The van der Waals surface area contributed by atoms with Crippen molar-refractivity contribution in [2.24, 2.45) is 5.92 Å². The maximum atomic E-state index is 12.9. The largest absolute Gasteiger partial charge is 0.384 e. The van der Waals surface area contributed by atoms with Crippen molar-refractivity contribution in [3.63, 3.8) is 0 Å². The minimum Gasteiger partial charge on any atom is -0.384 e. The Hall–Kier alpha value is -2.59. The number of amides is 1. The average Bonchev–Trinajstić information content (AvgIpc) is 3.12. The zero-order valence-corrected chi connectivity index (χ0v) is 15.6. The molecule has 0 bridgehead atoms. The molecule has 0 saturated carbocycles. The smallest absolute Gasteiger partial charge is 0.228 e. The van der Waals surface area contributed by atoms with Gasteiger partial charge < -0.3 is 10.6 Å². The van der Waals surface area contributed by atoms with Crippen LogP contribution in [0.5, 0.6) is 0 Å². The molecule has 0 radical (unpaired) electrons. The molecule has 0 aromatic heterocycles. The quantitative estimate of drug-likeness (QED) is 0.884. The Labute approximate surface area is 160 Å². The zero-order chi connectivity index (χ0) is 18.4. The Morgan fingerprint density at radius 3 is 2.89 bits per heavy atom. The highest BCUT2D eigenvalue weighted by atomic mass is 16.1. The monoisotopic (exact) mass is 359 g/mol. The molecule has 0 fully saturated rings. The molecule has 2 aromatic carbocycles. The van der Waals surface area contributed by atoms with Crippen molar-refractivity contribution in [3.8, 4) is 0 Å². The number of likely N-dealkylation sites (N-methyl/N-ethyl adjacent to an activating group) is 1. The van der Waals surface area contributed by atoms with Gasteiger partial charge in [-0.15, -0.1) is 0 Å². The fourth-order valence-electron chi connectivity index (χ4n) is 4.92. The first-order valence-corrected chi connectivity index (χ1v) is 9.81. The Morgan fingerprint density at radius 2 is 2.04 bits per heavy atom. The maximum absolute atomic E-state index is 12.9. The molecule has 4 nitrogen and oxygen atoms in total. The lowest BCUT2D eigenvalue weighted by Crippen LogP contribution is -2.46. The average molecular weight is 359 g/mol. The standard InChI is InChI=1S/C23H25N3O/c1-26-14-17(23(27)25-12-15-6-3-2-4-7-15)10-19-18-8-5-9-20-22(18)16(13-24-20)11-21(19)26/h2-10,16-17,21,24H,11-14H2,1H3,(H,25,27). The summed E-state index contributed by atoms with van der Waals surface area (Å²) in [4.78, 5) is 15.2. The molecule has 2 N–H and O–H groups in total. The molecule has 5 rings (SSSR count). The maximum Gasteiger partial charge on any atom is 0.228 e. The number of carbonyl (C=O) groups excluding carboxylic acids is 1. The van der Waals surface area contributed by atoms with E-state index in [0.29, 0.717) is 18.5 Å². The lowest BCUT2D eigenvalue weighted by molar-refractivity contribution is -0.124. The Bertz CT molecular complexity index is 905. The van der Waals surface area contributed by atoms with E-state index in [0.717, 1.165) is 25.1 Å². The second kappa shape index (κ2) is 6.54. The molecule has 2 heterocycles. The van der Waals surface area contributed by atoms with Crippen LogP contribution in [0.4, 0.5) is 5.69 Å². The summed E-state index contributed by atoms with van der Waals surface area (Å²) in [5.74, 6) is 0.598. The van der Waals surface area contributed by atoms with Gasteiger partial charge in [-0.2, -0.15) is 0 Å². The first-order valence-electron chi connectivity index (χ1n) is 9.81. The summed E-state index contributed by atoms with van der Waals surface area (Å²) in [6.45, 7) is 2.40. The molecule has 138 valence electrons. The number of carbonyl (C=O) groups is 1. The van der Waals surface area contributed by atoms with Crippen LogP contribution in [0, 0.1) is 5.92 Å². The lowest BCUT2D eigenvalue weighted by atomic mass is 9.74. The third kappa shape index (κ3) is 2.85. The van der Waals surface area contributed by atoms with Crippen molar-refractivity contribution in [2.45, 2.75) is 24.9 Å². The van der Waals surface area contributed by atoms with Crippen molar-refractivity contribution in [1.82, 2.24) is 10.2 Å². The fraction of sp³-hybridized carbons (Fsp3) is 0.348. The molecule has 1 aliphatic carbocycles. The highest BCUT2D eigenvalue weighted by Crippen LogP contribution is 2.48. The van der Waals surface area contributed by atoms with E-state index in [4.69, 9.17) is 0 Å². The highest BCUT2D eigenvalue weighted by Gasteiger charge is 2.40. The van der Waals surface area contributed by atoms with E-state index in [1.807, 2.05) is 30.3 Å². The molecule has 3 atom stereocenters. The van der Waals surface area contributed by atoms with Gasteiger partial charge in [-0.3, -0.25) is 9.69 Å². The van der Waals surface area contributed by atoms with Crippen molar-refractivity contribution in [3.05, 3.63) is 71.3 Å². The van der Waals surface area contributed by atoms with Gasteiger partial charge in [0.15, 0.2) is 0 Å². The lowest BCUT2D eigenvalue weighted by Gasteiger charge is -2.41. The van der Waals surface area contributed by atoms with Crippen LogP contribution in [0.2, 0.25) is 0 Å². The minimum atomic E-state index is -0.105. The van der Waals surface area contributed by atoms with E-state index < -0.39 is 0 Å². The highest BCUT2D eigenvalue weighted by molar-refractivity contribution is 5.87. The number of rotatable bonds is 3. The summed E-state index contributed by atoms with van der Waals surface area (Å²) in [7, 11) is 2.16. The predicted molar refractivity (Wildman–Crippen MR) is 108 cm³/mol. The Balaban J connectivity index is 1.42. The van der Waals surface area contributed by atoms with Crippen LogP contribution in [-0.2, 0) is 11.3 Å². The molecule has 4 heteroatoms. The predicted octanol–water partition coefficient (Wildman–Crippen LogP) is 3.23. The van der Waals surface area contributed by atoms with Gasteiger partial charge in [0, 0.05) is 37.3 Å².